The van der Waals surface area contributed by atoms with E-state index in [-0.39, 0.29) is 5.54 Å². The van der Waals surface area contributed by atoms with Crippen LogP contribution in [0.15, 0.2) is 4.42 Å². The minimum absolute atomic E-state index is 0.0659. The van der Waals surface area contributed by atoms with Crippen LogP contribution in [0.4, 0.5) is 0 Å². The number of rotatable bonds is 1. The molecule has 1 aliphatic rings. The molecule has 1 aromatic rings. The van der Waals surface area contributed by atoms with Gasteiger partial charge in [0.2, 0.25) is 0 Å². The van der Waals surface area contributed by atoms with Crippen LogP contribution in [0.3, 0.4) is 0 Å². The lowest BCUT2D eigenvalue weighted by molar-refractivity contribution is 0.0798. The van der Waals surface area contributed by atoms with E-state index >= 15 is 0 Å². The predicted octanol–water partition coefficient (Wildman–Crippen LogP) is 1.04. The van der Waals surface area contributed by atoms with Crippen molar-refractivity contribution in [1.29, 1.82) is 0 Å². The Labute approximate surface area is 90.7 Å². The summed E-state index contributed by atoms with van der Waals surface area (Å²) in [6.07, 6.45) is 0. The van der Waals surface area contributed by atoms with Crippen LogP contribution < -0.4 is 5.32 Å². The Balaban J connectivity index is 2.38. The fourth-order valence-corrected chi connectivity index (χ4v) is 2.24. The zero-order chi connectivity index (χ0) is 11.1. The van der Waals surface area contributed by atoms with Crippen molar-refractivity contribution in [3.05, 3.63) is 17.3 Å². The molecule has 0 radical (unpaired) electrons. The fourth-order valence-electron chi connectivity index (χ4n) is 2.24. The number of nitrogens with one attached hydrogen (secondary N) is 1. The number of hydrogen-bond donors (Lipinski definition) is 1. The molecule has 2 rings (SSSR count). The molecule has 0 bridgehead atoms. The van der Waals surface area contributed by atoms with E-state index in [1.54, 1.807) is 0 Å². The monoisotopic (exact) mass is 209 g/mol. The molecule has 15 heavy (non-hydrogen) atoms. The molecule has 1 atom stereocenters. The van der Waals surface area contributed by atoms with Crippen molar-refractivity contribution in [2.45, 2.75) is 26.3 Å². The van der Waals surface area contributed by atoms with E-state index in [2.05, 4.69) is 29.2 Å². The third kappa shape index (κ3) is 1.68. The Hall–Kier alpha value is -0.870. The second-order valence-electron chi connectivity index (χ2n) is 4.52. The molecule has 84 valence electrons. The Morgan fingerprint density at radius 3 is 2.73 bits per heavy atom. The molecule has 1 aliphatic heterocycles. The summed E-state index contributed by atoms with van der Waals surface area (Å²) in [5.74, 6) is 1.75. The quantitative estimate of drug-likeness (QED) is 0.750. The fraction of sp³-hybridized carbons (Fsp3) is 0.727. The lowest BCUT2D eigenvalue weighted by Crippen LogP contribution is -2.55. The smallest absolute Gasteiger partial charge is 0.191 e. The van der Waals surface area contributed by atoms with Gasteiger partial charge in [0.25, 0.3) is 0 Å². The van der Waals surface area contributed by atoms with Gasteiger partial charge in [-0.25, -0.2) is 4.98 Å². The maximum Gasteiger partial charge on any atom is 0.191 e. The van der Waals surface area contributed by atoms with Gasteiger partial charge in [0.05, 0.1) is 11.2 Å². The highest BCUT2D eigenvalue weighted by molar-refractivity contribution is 5.19. The lowest BCUT2D eigenvalue weighted by Gasteiger charge is -2.41. The first-order valence-electron chi connectivity index (χ1n) is 5.40. The molecular formula is C11H19N3O. The number of aryl methyl sites for hydroxylation is 2. The Bertz CT molecular complexity index is 361. The third-order valence-electron chi connectivity index (χ3n) is 3.33. The molecular weight excluding hydrogens is 190 g/mol. The van der Waals surface area contributed by atoms with Crippen LogP contribution in [-0.4, -0.2) is 36.6 Å². The number of nitrogens with zero attached hydrogens (tertiary/aromatic N) is 2. The van der Waals surface area contributed by atoms with Crippen molar-refractivity contribution in [2.75, 3.05) is 26.7 Å². The summed E-state index contributed by atoms with van der Waals surface area (Å²) in [7, 11) is 2.14. The molecule has 0 spiro atoms. The van der Waals surface area contributed by atoms with Gasteiger partial charge >= 0.3 is 0 Å². The first kappa shape index (κ1) is 10.6. The topological polar surface area (TPSA) is 41.3 Å². The van der Waals surface area contributed by atoms with E-state index in [1.807, 2.05) is 13.8 Å². The van der Waals surface area contributed by atoms with Gasteiger partial charge in [-0.05, 0) is 20.9 Å². The number of piperazine rings is 1. The number of aromatic nitrogens is 1. The minimum atomic E-state index is -0.0659. The van der Waals surface area contributed by atoms with Gasteiger partial charge in [0, 0.05) is 26.6 Å². The van der Waals surface area contributed by atoms with E-state index in [9.17, 15) is 0 Å². The Morgan fingerprint density at radius 2 is 2.20 bits per heavy atom. The van der Waals surface area contributed by atoms with Crippen molar-refractivity contribution in [3.8, 4) is 0 Å². The summed E-state index contributed by atoms with van der Waals surface area (Å²) in [5, 5.41) is 3.41. The van der Waals surface area contributed by atoms with Crippen molar-refractivity contribution in [1.82, 2.24) is 15.2 Å². The molecule has 0 aromatic carbocycles. The molecule has 4 heteroatoms. The molecule has 1 N–H and O–H groups in total. The molecule has 1 aromatic heterocycles. The molecule has 1 fully saturated rings. The van der Waals surface area contributed by atoms with Crippen LogP contribution in [-0.2, 0) is 5.54 Å². The number of likely N-dealkylation sites (N-methyl/N-ethyl adjacent to an activating group) is 1. The van der Waals surface area contributed by atoms with Crippen LogP contribution in [0.25, 0.3) is 0 Å². The largest absolute Gasteiger partial charge is 0.444 e. The minimum Gasteiger partial charge on any atom is -0.444 e. The summed E-state index contributed by atoms with van der Waals surface area (Å²) in [5.41, 5.74) is 0.939. The van der Waals surface area contributed by atoms with Gasteiger partial charge in [-0.1, -0.05) is 0 Å². The molecule has 2 heterocycles. The first-order valence-corrected chi connectivity index (χ1v) is 5.40. The SMILES string of the molecule is Cc1nc(C)c(C2(C)CNCCN2C)o1. The zero-order valence-electron chi connectivity index (χ0n) is 9.92. The first-order chi connectivity index (χ1) is 7.04. The number of hydrogen-bond acceptors (Lipinski definition) is 4. The lowest BCUT2D eigenvalue weighted by atomic mass is 9.93. The number of oxazole rings is 1. The highest BCUT2D eigenvalue weighted by Gasteiger charge is 2.38. The van der Waals surface area contributed by atoms with Crippen LogP contribution in [0.1, 0.15) is 24.3 Å². The standard InChI is InChI=1S/C11H19N3O/c1-8-10(15-9(2)13-8)11(3)7-12-5-6-14(11)4/h12H,5-7H2,1-4H3. The van der Waals surface area contributed by atoms with Gasteiger partial charge < -0.3 is 9.73 Å². The average Bonchev–Trinajstić information content (AvgIpc) is 2.51. The molecule has 0 amide bonds. The van der Waals surface area contributed by atoms with Crippen molar-refractivity contribution >= 4 is 0 Å². The molecule has 0 saturated carbocycles. The van der Waals surface area contributed by atoms with Crippen LogP contribution in [0, 0.1) is 13.8 Å². The summed E-state index contributed by atoms with van der Waals surface area (Å²) in [4.78, 5) is 6.67. The van der Waals surface area contributed by atoms with Gasteiger partial charge in [-0.2, -0.15) is 0 Å². The van der Waals surface area contributed by atoms with Gasteiger partial charge in [0.1, 0.15) is 5.76 Å². The maximum atomic E-state index is 5.73. The molecule has 1 unspecified atom stereocenters. The third-order valence-corrected chi connectivity index (χ3v) is 3.33. The second kappa shape index (κ2) is 3.61. The van der Waals surface area contributed by atoms with E-state index < -0.39 is 0 Å². The molecule has 0 aliphatic carbocycles. The zero-order valence-corrected chi connectivity index (χ0v) is 9.92. The maximum absolute atomic E-state index is 5.73. The Kier molecular flexibility index (Phi) is 2.56. The van der Waals surface area contributed by atoms with E-state index in [0.29, 0.717) is 0 Å². The van der Waals surface area contributed by atoms with E-state index in [0.717, 1.165) is 37.0 Å². The average molecular weight is 209 g/mol. The predicted molar refractivity (Wildman–Crippen MR) is 58.8 cm³/mol. The highest BCUT2D eigenvalue weighted by atomic mass is 16.4. The van der Waals surface area contributed by atoms with Crippen LogP contribution >= 0.6 is 0 Å². The Morgan fingerprint density at radius 1 is 1.47 bits per heavy atom. The van der Waals surface area contributed by atoms with Gasteiger partial charge in [0.15, 0.2) is 5.89 Å². The highest BCUT2D eigenvalue weighted by Crippen LogP contribution is 2.30. The van der Waals surface area contributed by atoms with Gasteiger partial charge in [-0.3, -0.25) is 4.90 Å². The van der Waals surface area contributed by atoms with Crippen molar-refractivity contribution in [2.24, 2.45) is 0 Å². The van der Waals surface area contributed by atoms with Crippen LogP contribution in [0.5, 0.6) is 0 Å². The van der Waals surface area contributed by atoms with E-state index in [4.69, 9.17) is 4.42 Å². The van der Waals surface area contributed by atoms with Crippen molar-refractivity contribution < 1.29 is 4.42 Å². The molecule has 4 nitrogen and oxygen atoms in total. The van der Waals surface area contributed by atoms with Crippen LogP contribution in [0.2, 0.25) is 0 Å². The normalized spacial score (nSPS) is 28.3. The summed E-state index contributed by atoms with van der Waals surface area (Å²) < 4.78 is 5.73. The molecule has 1 saturated heterocycles. The second-order valence-corrected chi connectivity index (χ2v) is 4.52. The van der Waals surface area contributed by atoms with Crippen molar-refractivity contribution in [3.63, 3.8) is 0 Å². The summed E-state index contributed by atoms with van der Waals surface area (Å²) in [6.45, 7) is 9.11. The summed E-state index contributed by atoms with van der Waals surface area (Å²) >= 11 is 0. The van der Waals surface area contributed by atoms with E-state index in [1.165, 1.54) is 0 Å². The summed E-state index contributed by atoms with van der Waals surface area (Å²) in [6, 6.07) is 0. The van der Waals surface area contributed by atoms with Gasteiger partial charge in [-0.15, -0.1) is 0 Å².